The van der Waals surface area contributed by atoms with Crippen LogP contribution >= 0.6 is 11.6 Å². The van der Waals surface area contributed by atoms with E-state index >= 15 is 0 Å². The molecule has 0 unspecified atom stereocenters. The van der Waals surface area contributed by atoms with E-state index in [0.717, 1.165) is 29.5 Å². The summed E-state index contributed by atoms with van der Waals surface area (Å²) in [6.45, 7) is 1.14. The van der Waals surface area contributed by atoms with Crippen molar-refractivity contribution in [3.63, 3.8) is 0 Å². The first-order chi connectivity index (χ1) is 13.4. The number of amides is 1. The van der Waals surface area contributed by atoms with E-state index in [9.17, 15) is 18.0 Å². The van der Waals surface area contributed by atoms with Gasteiger partial charge in [0.15, 0.2) is 11.7 Å². The van der Waals surface area contributed by atoms with Gasteiger partial charge >= 0.3 is 6.18 Å². The Morgan fingerprint density at radius 2 is 1.82 bits per heavy atom. The van der Waals surface area contributed by atoms with Crippen molar-refractivity contribution in [3.05, 3.63) is 46.6 Å². The van der Waals surface area contributed by atoms with Gasteiger partial charge in [-0.2, -0.15) is 18.3 Å². The van der Waals surface area contributed by atoms with Crippen molar-refractivity contribution in [2.45, 2.75) is 43.9 Å². The number of benzene rings is 1. The summed E-state index contributed by atoms with van der Waals surface area (Å²) in [5, 5.41) is 7.02. The number of rotatable bonds is 2. The largest absolute Gasteiger partial charge is 0.410 e. The van der Waals surface area contributed by atoms with Crippen LogP contribution in [0, 0.1) is 0 Å². The van der Waals surface area contributed by atoms with Crippen molar-refractivity contribution in [2.75, 3.05) is 18.4 Å². The molecule has 2 aliphatic heterocycles. The van der Waals surface area contributed by atoms with Crippen LogP contribution in [0.2, 0.25) is 5.02 Å². The summed E-state index contributed by atoms with van der Waals surface area (Å²) in [7, 11) is 0. The van der Waals surface area contributed by atoms with Gasteiger partial charge < -0.3 is 10.2 Å². The van der Waals surface area contributed by atoms with Crippen LogP contribution in [0.3, 0.4) is 0 Å². The van der Waals surface area contributed by atoms with Gasteiger partial charge in [-0.25, -0.2) is 4.68 Å². The van der Waals surface area contributed by atoms with Gasteiger partial charge in [0.1, 0.15) is 10.8 Å². The minimum atomic E-state index is -4.51. The number of anilines is 1. The lowest BCUT2D eigenvalue weighted by atomic mass is 9.97. The van der Waals surface area contributed by atoms with Crippen molar-refractivity contribution < 1.29 is 18.0 Å². The SMILES string of the molecule is O=C(c1nn2c(c1Cl)N[C@@H](c1ccccc1)C[C@H]2C(F)(F)F)N1CCCCC1. The number of halogens is 4. The number of carbonyl (C=O) groups excluding carboxylic acids is 1. The molecule has 1 fully saturated rings. The number of likely N-dealkylation sites (tertiary alicyclic amines) is 1. The average molecular weight is 413 g/mol. The number of piperidine rings is 1. The molecule has 0 bridgehead atoms. The lowest BCUT2D eigenvalue weighted by Gasteiger charge is -2.33. The van der Waals surface area contributed by atoms with E-state index in [1.807, 2.05) is 0 Å². The predicted molar refractivity (Wildman–Crippen MR) is 99.5 cm³/mol. The van der Waals surface area contributed by atoms with Crippen LogP contribution in [0.4, 0.5) is 19.0 Å². The molecular weight excluding hydrogens is 393 g/mol. The van der Waals surface area contributed by atoms with E-state index in [2.05, 4.69) is 10.4 Å². The first-order valence-corrected chi connectivity index (χ1v) is 9.69. The van der Waals surface area contributed by atoms with Gasteiger partial charge in [0.2, 0.25) is 0 Å². The molecule has 1 saturated heterocycles. The Hall–Kier alpha value is -2.22. The summed E-state index contributed by atoms with van der Waals surface area (Å²) in [5.74, 6) is -0.366. The van der Waals surface area contributed by atoms with E-state index in [0.29, 0.717) is 13.1 Å². The Morgan fingerprint density at radius 3 is 2.46 bits per heavy atom. The number of carbonyl (C=O) groups is 1. The number of hydrogen-bond acceptors (Lipinski definition) is 3. The van der Waals surface area contributed by atoms with Gasteiger partial charge in [-0.05, 0) is 24.8 Å². The number of alkyl halides is 3. The quantitative estimate of drug-likeness (QED) is 0.769. The molecule has 2 aliphatic rings. The Balaban J connectivity index is 1.72. The maximum atomic E-state index is 13.8. The highest BCUT2D eigenvalue weighted by Gasteiger charge is 2.48. The number of hydrogen-bond donors (Lipinski definition) is 1. The van der Waals surface area contributed by atoms with Crippen LogP contribution in [0.15, 0.2) is 30.3 Å². The smallest absolute Gasteiger partial charge is 0.362 e. The molecule has 1 N–H and O–H groups in total. The maximum absolute atomic E-state index is 13.8. The second kappa shape index (κ2) is 7.31. The van der Waals surface area contributed by atoms with Crippen LogP contribution in [0.5, 0.6) is 0 Å². The molecule has 2 atom stereocenters. The monoisotopic (exact) mass is 412 g/mol. The van der Waals surface area contributed by atoms with E-state index in [1.165, 1.54) is 0 Å². The van der Waals surface area contributed by atoms with Gasteiger partial charge in [0.25, 0.3) is 5.91 Å². The normalized spacial score (nSPS) is 22.5. The standard InChI is InChI=1S/C19H20ClF3N4O/c20-15-16(18(28)26-9-5-2-6-10-26)25-27-14(19(21,22)23)11-13(24-17(15)27)12-7-3-1-4-8-12/h1,3-4,7-8,13-14,24H,2,5-6,9-11H2/t13-,14+/m1/s1. The second-order valence-electron chi connectivity index (χ2n) is 7.21. The van der Waals surface area contributed by atoms with Crippen LogP contribution in [0.25, 0.3) is 0 Å². The Labute approximate surface area is 165 Å². The van der Waals surface area contributed by atoms with Gasteiger partial charge in [-0.15, -0.1) is 0 Å². The van der Waals surface area contributed by atoms with Crippen molar-refractivity contribution in [3.8, 4) is 0 Å². The van der Waals surface area contributed by atoms with E-state index in [-0.39, 0.29) is 23.0 Å². The summed E-state index contributed by atoms with van der Waals surface area (Å²) in [6, 6.07) is 6.47. The fraction of sp³-hybridized carbons (Fsp3) is 0.474. The molecular formula is C19H20ClF3N4O. The molecule has 9 heteroatoms. The minimum Gasteiger partial charge on any atom is -0.362 e. The highest BCUT2D eigenvalue weighted by atomic mass is 35.5. The lowest BCUT2D eigenvalue weighted by molar-refractivity contribution is -0.173. The van der Waals surface area contributed by atoms with E-state index < -0.39 is 24.2 Å². The number of nitrogens with one attached hydrogen (secondary N) is 1. The first-order valence-electron chi connectivity index (χ1n) is 9.31. The predicted octanol–water partition coefficient (Wildman–Crippen LogP) is 4.82. The molecule has 0 spiro atoms. The first kappa shape index (κ1) is 19.1. The molecule has 1 aromatic heterocycles. The molecule has 5 nitrogen and oxygen atoms in total. The van der Waals surface area contributed by atoms with Crippen LogP contribution < -0.4 is 5.32 Å². The number of fused-ring (bicyclic) bond motifs is 1. The maximum Gasteiger partial charge on any atom is 0.410 e. The summed E-state index contributed by atoms with van der Waals surface area (Å²) in [5.41, 5.74) is 0.609. The molecule has 2 aromatic rings. The molecule has 1 aromatic carbocycles. The second-order valence-corrected chi connectivity index (χ2v) is 7.59. The van der Waals surface area contributed by atoms with Crippen LogP contribution in [-0.4, -0.2) is 39.9 Å². The molecule has 1 amide bonds. The molecule has 4 rings (SSSR count). The van der Waals surface area contributed by atoms with Gasteiger partial charge in [0, 0.05) is 19.5 Å². The average Bonchev–Trinajstić information content (AvgIpc) is 3.04. The molecule has 0 radical (unpaired) electrons. The highest BCUT2D eigenvalue weighted by molar-refractivity contribution is 6.36. The molecule has 0 saturated carbocycles. The molecule has 0 aliphatic carbocycles. The van der Waals surface area contributed by atoms with Crippen LogP contribution in [-0.2, 0) is 0 Å². The summed E-state index contributed by atoms with van der Waals surface area (Å²) in [6.07, 6.45) is -1.96. The topological polar surface area (TPSA) is 50.2 Å². The van der Waals surface area contributed by atoms with Crippen molar-refractivity contribution in [2.24, 2.45) is 0 Å². The molecule has 150 valence electrons. The zero-order chi connectivity index (χ0) is 19.9. The van der Waals surface area contributed by atoms with E-state index in [1.54, 1.807) is 35.2 Å². The van der Waals surface area contributed by atoms with Crippen LogP contribution in [0.1, 0.15) is 53.8 Å². The lowest BCUT2D eigenvalue weighted by Crippen LogP contribution is -2.37. The summed E-state index contributed by atoms with van der Waals surface area (Å²) >= 11 is 6.36. The van der Waals surface area contributed by atoms with Crippen molar-refractivity contribution in [1.82, 2.24) is 14.7 Å². The minimum absolute atomic E-state index is 0.0458. The Morgan fingerprint density at radius 1 is 1.14 bits per heavy atom. The Bertz CT molecular complexity index is 862. The molecule has 28 heavy (non-hydrogen) atoms. The summed E-state index contributed by atoms with van der Waals surface area (Å²) in [4.78, 5) is 14.4. The van der Waals surface area contributed by atoms with Gasteiger partial charge in [-0.1, -0.05) is 41.9 Å². The fourth-order valence-corrected chi connectivity index (χ4v) is 4.14. The highest BCUT2D eigenvalue weighted by Crippen LogP contribution is 2.46. The van der Waals surface area contributed by atoms with E-state index in [4.69, 9.17) is 11.6 Å². The summed E-state index contributed by atoms with van der Waals surface area (Å²) < 4.78 is 42.2. The third-order valence-electron chi connectivity index (χ3n) is 5.34. The molecule has 3 heterocycles. The fourth-order valence-electron chi connectivity index (χ4n) is 3.88. The Kier molecular flexibility index (Phi) is 4.99. The number of aromatic nitrogens is 2. The number of nitrogens with zero attached hydrogens (tertiary/aromatic N) is 3. The third kappa shape index (κ3) is 3.45. The van der Waals surface area contributed by atoms with Gasteiger partial charge in [0.05, 0.1) is 6.04 Å². The van der Waals surface area contributed by atoms with Crippen molar-refractivity contribution >= 4 is 23.3 Å². The van der Waals surface area contributed by atoms with Crippen molar-refractivity contribution in [1.29, 1.82) is 0 Å². The third-order valence-corrected chi connectivity index (χ3v) is 5.70. The van der Waals surface area contributed by atoms with Gasteiger partial charge in [-0.3, -0.25) is 4.79 Å². The zero-order valence-electron chi connectivity index (χ0n) is 15.0. The zero-order valence-corrected chi connectivity index (χ0v) is 15.8.